The number of alkyl halides is 3. The van der Waals surface area contributed by atoms with Crippen molar-refractivity contribution in [2.24, 2.45) is 0 Å². The van der Waals surface area contributed by atoms with Gasteiger partial charge >= 0.3 is 6.18 Å². The van der Waals surface area contributed by atoms with Gasteiger partial charge in [0.15, 0.2) is 5.57 Å². The summed E-state index contributed by atoms with van der Waals surface area (Å²) in [6.07, 6.45) is -3.03. The predicted molar refractivity (Wildman–Crippen MR) is 98.8 cm³/mol. The first kappa shape index (κ1) is 19.2. The Bertz CT molecular complexity index is 1270. The number of hydrogen-bond acceptors (Lipinski definition) is 4. The molecule has 4 nitrogen and oxygen atoms in total. The van der Waals surface area contributed by atoms with E-state index >= 15 is 0 Å². The van der Waals surface area contributed by atoms with Crippen molar-refractivity contribution in [3.05, 3.63) is 85.3 Å². The van der Waals surface area contributed by atoms with Gasteiger partial charge in [-0.1, -0.05) is 36.4 Å². The van der Waals surface area contributed by atoms with Crippen LogP contribution in [0.3, 0.4) is 0 Å². The summed E-state index contributed by atoms with van der Waals surface area (Å²) >= 11 is 0.878. The van der Waals surface area contributed by atoms with Gasteiger partial charge < -0.3 is 0 Å². The van der Waals surface area contributed by atoms with Crippen molar-refractivity contribution in [3.63, 3.8) is 0 Å². The van der Waals surface area contributed by atoms with Gasteiger partial charge in [-0.2, -0.15) is 23.7 Å². The molecule has 0 spiro atoms. The Labute approximate surface area is 161 Å². The molecule has 8 heteroatoms. The van der Waals surface area contributed by atoms with Crippen LogP contribution in [0.1, 0.15) is 11.1 Å². The Morgan fingerprint density at radius 3 is 2.32 bits per heavy atom. The van der Waals surface area contributed by atoms with Crippen LogP contribution in [-0.2, 0) is 6.18 Å². The molecule has 0 atom stereocenters. The van der Waals surface area contributed by atoms with Crippen LogP contribution in [0.2, 0.25) is 0 Å². The lowest BCUT2D eigenvalue weighted by Gasteiger charge is -2.09. The fourth-order valence-electron chi connectivity index (χ4n) is 2.53. The molecule has 2 aromatic carbocycles. The van der Waals surface area contributed by atoms with E-state index in [2.05, 4.69) is 0 Å². The van der Waals surface area contributed by atoms with Crippen LogP contribution < -0.4 is 14.8 Å². The quantitative estimate of drug-likeness (QED) is 0.668. The smallest absolute Gasteiger partial charge is 0.267 e. The molecule has 0 saturated heterocycles. The molecule has 0 N–H and O–H groups in total. The highest BCUT2D eigenvalue weighted by molar-refractivity contribution is 7.07. The lowest BCUT2D eigenvalue weighted by molar-refractivity contribution is -0.137. The average Bonchev–Trinajstić information content (AvgIpc) is 2.99. The highest BCUT2D eigenvalue weighted by atomic mass is 32.1. The van der Waals surface area contributed by atoms with Gasteiger partial charge in [-0.25, -0.2) is 0 Å². The summed E-state index contributed by atoms with van der Waals surface area (Å²) in [7, 11) is 0. The minimum atomic E-state index is -4.59. The Hall–Kier alpha value is -3.62. The van der Waals surface area contributed by atoms with Crippen molar-refractivity contribution in [1.29, 1.82) is 10.5 Å². The second-order valence-electron chi connectivity index (χ2n) is 5.61. The molecule has 0 aliphatic heterocycles. The first-order valence-electron chi connectivity index (χ1n) is 7.86. The Kier molecular flexibility index (Phi) is 5.16. The second-order valence-corrected chi connectivity index (χ2v) is 6.64. The van der Waals surface area contributed by atoms with E-state index in [4.69, 9.17) is 0 Å². The number of rotatable bonds is 2. The summed E-state index contributed by atoms with van der Waals surface area (Å²) in [5.74, 6) is 0. The van der Waals surface area contributed by atoms with Crippen molar-refractivity contribution in [3.8, 4) is 17.8 Å². The van der Waals surface area contributed by atoms with E-state index in [0.717, 1.165) is 28.0 Å². The zero-order valence-corrected chi connectivity index (χ0v) is 14.9. The molecule has 0 radical (unpaired) electrons. The predicted octanol–water partition coefficient (Wildman–Crippen LogP) is 2.94. The zero-order valence-electron chi connectivity index (χ0n) is 14.1. The van der Waals surface area contributed by atoms with E-state index in [1.807, 2.05) is 0 Å². The van der Waals surface area contributed by atoms with Gasteiger partial charge in [0.2, 0.25) is 0 Å². The molecular formula is C20H10F3N3OS. The van der Waals surface area contributed by atoms with Crippen LogP contribution >= 0.6 is 11.3 Å². The maximum Gasteiger partial charge on any atom is 0.416 e. The number of thiazole rings is 1. The Morgan fingerprint density at radius 2 is 1.71 bits per heavy atom. The van der Waals surface area contributed by atoms with Crippen molar-refractivity contribution in [2.75, 3.05) is 0 Å². The maximum atomic E-state index is 13.1. The summed E-state index contributed by atoms with van der Waals surface area (Å²) < 4.78 is 40.3. The van der Waals surface area contributed by atoms with E-state index in [-0.39, 0.29) is 20.5 Å². The van der Waals surface area contributed by atoms with Crippen LogP contribution in [-0.4, -0.2) is 4.57 Å². The van der Waals surface area contributed by atoms with Gasteiger partial charge in [0, 0.05) is 0 Å². The monoisotopic (exact) mass is 397 g/mol. The van der Waals surface area contributed by atoms with Gasteiger partial charge in [-0.3, -0.25) is 9.36 Å². The molecule has 138 valence electrons. The lowest BCUT2D eigenvalue weighted by Crippen LogP contribution is -2.30. The zero-order chi connectivity index (χ0) is 20.3. The average molecular weight is 397 g/mol. The molecule has 1 heterocycles. The molecule has 0 aliphatic rings. The molecule has 0 saturated carbocycles. The normalized spacial score (nSPS) is 11.7. The van der Waals surface area contributed by atoms with Crippen LogP contribution in [0.5, 0.6) is 0 Å². The fourth-order valence-corrected chi connectivity index (χ4v) is 3.58. The van der Waals surface area contributed by atoms with Gasteiger partial charge in [0.25, 0.3) is 5.56 Å². The van der Waals surface area contributed by atoms with Gasteiger partial charge in [-0.05, 0) is 29.8 Å². The molecule has 3 rings (SSSR count). The number of hydrogen-bond donors (Lipinski definition) is 0. The lowest BCUT2D eigenvalue weighted by atomic mass is 10.2. The van der Waals surface area contributed by atoms with Crippen molar-refractivity contribution < 1.29 is 13.2 Å². The number of nitrogens with zero attached hydrogens (tertiary/aromatic N) is 3. The first-order valence-corrected chi connectivity index (χ1v) is 8.67. The van der Waals surface area contributed by atoms with Crippen LogP contribution in [0, 0.1) is 22.7 Å². The topological polar surface area (TPSA) is 69.6 Å². The number of aromatic nitrogens is 1. The minimum absolute atomic E-state index is 0.0171. The van der Waals surface area contributed by atoms with Crippen molar-refractivity contribution in [1.82, 2.24) is 4.57 Å². The number of benzene rings is 2. The largest absolute Gasteiger partial charge is 0.416 e. The summed E-state index contributed by atoms with van der Waals surface area (Å²) in [4.78, 5) is 12.9. The Morgan fingerprint density at radius 1 is 1.04 bits per heavy atom. The maximum absolute atomic E-state index is 13.1. The van der Waals surface area contributed by atoms with Crippen LogP contribution in [0.4, 0.5) is 13.2 Å². The third-order valence-electron chi connectivity index (χ3n) is 3.79. The van der Waals surface area contributed by atoms with E-state index in [9.17, 15) is 28.5 Å². The summed E-state index contributed by atoms with van der Waals surface area (Å²) in [5, 5.41) is 18.4. The van der Waals surface area contributed by atoms with Crippen LogP contribution in [0.15, 0.2) is 59.4 Å². The first-order chi connectivity index (χ1) is 13.3. The van der Waals surface area contributed by atoms with E-state index in [0.29, 0.717) is 5.56 Å². The van der Waals surface area contributed by atoms with Gasteiger partial charge in [-0.15, -0.1) is 11.3 Å². The third kappa shape index (κ3) is 3.73. The molecule has 1 aromatic heterocycles. The van der Waals surface area contributed by atoms with Crippen molar-refractivity contribution in [2.45, 2.75) is 6.18 Å². The van der Waals surface area contributed by atoms with Gasteiger partial charge in [0.05, 0.1) is 15.8 Å². The number of nitriles is 2. The molecule has 0 fully saturated rings. The molecule has 3 aromatic rings. The van der Waals surface area contributed by atoms with Crippen LogP contribution in [0.25, 0.3) is 17.3 Å². The standard InChI is InChI=1S/C20H10F3N3OS/c21-20(22,23)15-7-4-8-16(10-15)26-18(27)17(9-13-5-2-1-3-6-13)28-19(26)14(11-24)12-25/h1-10H. The fraction of sp³-hybridized carbons (Fsp3) is 0.0500. The third-order valence-corrected chi connectivity index (χ3v) is 4.88. The molecule has 0 amide bonds. The number of halogens is 3. The van der Waals surface area contributed by atoms with E-state index in [1.54, 1.807) is 48.5 Å². The second kappa shape index (κ2) is 7.55. The summed E-state index contributed by atoms with van der Waals surface area (Å²) in [5.41, 5.74) is -1.25. The van der Waals surface area contributed by atoms with E-state index < -0.39 is 17.3 Å². The molecule has 28 heavy (non-hydrogen) atoms. The van der Waals surface area contributed by atoms with E-state index in [1.165, 1.54) is 12.1 Å². The SMILES string of the molecule is N#CC(C#N)=c1sc(=Cc2ccccc2)c(=O)n1-c1cccc(C(F)(F)F)c1. The molecule has 0 bridgehead atoms. The molecule has 0 unspecified atom stereocenters. The van der Waals surface area contributed by atoms with Crippen molar-refractivity contribution >= 4 is 23.0 Å². The summed E-state index contributed by atoms with van der Waals surface area (Å²) in [6, 6.07) is 16.5. The van der Waals surface area contributed by atoms with Gasteiger partial charge in [0.1, 0.15) is 16.8 Å². The highest BCUT2D eigenvalue weighted by Crippen LogP contribution is 2.29. The molecule has 0 aliphatic carbocycles. The minimum Gasteiger partial charge on any atom is -0.267 e. The Balaban J connectivity index is 2.39. The highest BCUT2D eigenvalue weighted by Gasteiger charge is 2.30. The summed E-state index contributed by atoms with van der Waals surface area (Å²) in [6.45, 7) is 0. The molecular weight excluding hydrogens is 387 g/mol.